The van der Waals surface area contributed by atoms with Crippen molar-refractivity contribution in [3.8, 4) is 17.0 Å². The number of alkyl halides is 3. The highest BCUT2D eigenvalue weighted by atomic mass is 19.4. The summed E-state index contributed by atoms with van der Waals surface area (Å²) in [6.07, 6.45) is 0.784. The van der Waals surface area contributed by atoms with Crippen LogP contribution in [0.25, 0.3) is 11.3 Å². The summed E-state index contributed by atoms with van der Waals surface area (Å²) in [5, 5.41) is 7.12. The van der Waals surface area contributed by atoms with E-state index < -0.39 is 12.1 Å². The molecule has 0 atom stereocenters. The summed E-state index contributed by atoms with van der Waals surface area (Å²) in [6.45, 7) is 2.97. The number of aryl methyl sites for hydroxylation is 2. The van der Waals surface area contributed by atoms with Gasteiger partial charge in [-0.25, -0.2) is 14.2 Å². The van der Waals surface area contributed by atoms with E-state index >= 15 is 0 Å². The zero-order valence-corrected chi connectivity index (χ0v) is 18.4. The van der Waals surface area contributed by atoms with Crippen LogP contribution in [0, 0.1) is 5.82 Å². The molecule has 5 nitrogen and oxygen atoms in total. The van der Waals surface area contributed by atoms with Gasteiger partial charge in [0, 0.05) is 17.8 Å². The molecule has 1 heterocycles. The molecule has 9 heteroatoms. The van der Waals surface area contributed by atoms with Gasteiger partial charge in [0.2, 0.25) is 0 Å². The van der Waals surface area contributed by atoms with Gasteiger partial charge in [-0.05, 0) is 49.1 Å². The summed E-state index contributed by atoms with van der Waals surface area (Å²) < 4.78 is 52.9. The van der Waals surface area contributed by atoms with Crippen molar-refractivity contribution in [3.05, 3.63) is 71.9 Å². The first-order valence-corrected chi connectivity index (χ1v) is 10.4. The van der Waals surface area contributed by atoms with Crippen molar-refractivity contribution in [1.82, 2.24) is 9.55 Å². The fraction of sp³-hybridized carbons (Fsp3) is 0.333. The third-order valence-corrected chi connectivity index (χ3v) is 4.85. The molecule has 0 amide bonds. The first-order valence-electron chi connectivity index (χ1n) is 10.4. The van der Waals surface area contributed by atoms with Gasteiger partial charge < -0.3 is 14.4 Å². The van der Waals surface area contributed by atoms with E-state index in [4.69, 9.17) is 14.6 Å². The summed E-state index contributed by atoms with van der Waals surface area (Å²) in [6, 6.07) is 14.8. The molecule has 0 fully saturated rings. The van der Waals surface area contributed by atoms with Gasteiger partial charge in [-0.2, -0.15) is 13.2 Å². The van der Waals surface area contributed by atoms with Crippen molar-refractivity contribution in [2.75, 3.05) is 7.11 Å². The molecular formula is C24H26F4N2O3. The first kappa shape index (κ1) is 25.9. The van der Waals surface area contributed by atoms with Gasteiger partial charge in [-0.1, -0.05) is 37.6 Å². The number of para-hydroxylation sites is 1. The number of rotatable bonds is 8. The van der Waals surface area contributed by atoms with Crippen LogP contribution in [0.1, 0.15) is 31.0 Å². The number of unbranched alkanes of at least 4 members (excludes halogenated alkanes) is 1. The Balaban J connectivity index is 0.000000479. The Kier molecular flexibility index (Phi) is 9.44. The van der Waals surface area contributed by atoms with Crippen LogP contribution in [0.15, 0.2) is 54.9 Å². The smallest absolute Gasteiger partial charge is 0.490 e. The number of halogens is 4. The number of carboxylic acid groups (broad SMARTS) is 1. The number of methoxy groups -OCH3 is 1. The van der Waals surface area contributed by atoms with Crippen molar-refractivity contribution in [2.24, 2.45) is 0 Å². The number of carboxylic acids is 1. The molecule has 33 heavy (non-hydrogen) atoms. The molecule has 0 spiro atoms. The molecule has 1 N–H and O–H groups in total. The molecule has 0 unspecified atom stereocenters. The van der Waals surface area contributed by atoms with Gasteiger partial charge in [-0.3, -0.25) is 0 Å². The first-order chi connectivity index (χ1) is 15.7. The van der Waals surface area contributed by atoms with Gasteiger partial charge in [-0.15, -0.1) is 0 Å². The molecule has 178 valence electrons. The molecule has 3 rings (SSSR count). The molecule has 0 aliphatic heterocycles. The lowest BCUT2D eigenvalue weighted by atomic mass is 10.1. The Labute approximate surface area is 189 Å². The standard InChI is InChI=1S/C22H25FN2O.C2HF3O2/c1-3-4-11-20-22(19-10-5-6-12-21(19)26-2)24-16-25(20)14-13-17-8-7-9-18(23)15-17;3-2(4,5)1(6)7/h5-10,12,15-16H,3-4,11,13-14H2,1-2H3;(H,6,7). The van der Waals surface area contributed by atoms with E-state index in [0.717, 1.165) is 54.8 Å². The summed E-state index contributed by atoms with van der Waals surface area (Å²) in [5.41, 5.74) is 4.22. The van der Waals surface area contributed by atoms with E-state index in [1.165, 1.54) is 11.8 Å². The Morgan fingerprint density at radius 3 is 2.42 bits per heavy atom. The molecule has 0 radical (unpaired) electrons. The predicted molar refractivity (Wildman–Crippen MR) is 117 cm³/mol. The van der Waals surface area contributed by atoms with Crippen LogP contribution >= 0.6 is 0 Å². The fourth-order valence-electron chi connectivity index (χ4n) is 3.21. The number of carbonyl (C=O) groups is 1. The molecule has 0 bridgehead atoms. The Morgan fingerprint density at radius 1 is 1.12 bits per heavy atom. The van der Waals surface area contributed by atoms with Crippen molar-refractivity contribution in [2.45, 2.75) is 45.3 Å². The molecule has 0 saturated carbocycles. The lowest BCUT2D eigenvalue weighted by molar-refractivity contribution is -0.192. The fourth-order valence-corrected chi connectivity index (χ4v) is 3.21. The number of hydrogen-bond acceptors (Lipinski definition) is 3. The SMILES string of the molecule is CCCCc1c(-c2ccccc2OC)ncn1CCc1cccc(F)c1.O=C(O)C(F)(F)F. The summed E-state index contributed by atoms with van der Waals surface area (Å²) in [5.74, 6) is -2.11. The molecule has 0 saturated heterocycles. The van der Waals surface area contributed by atoms with E-state index in [1.54, 1.807) is 19.2 Å². The lowest BCUT2D eigenvalue weighted by Crippen LogP contribution is -2.21. The highest BCUT2D eigenvalue weighted by molar-refractivity contribution is 5.73. The number of imidazole rings is 1. The predicted octanol–water partition coefficient (Wildman–Crippen LogP) is 5.92. The van der Waals surface area contributed by atoms with Crippen LogP contribution in [0.4, 0.5) is 17.6 Å². The molecular weight excluding hydrogens is 440 g/mol. The average molecular weight is 466 g/mol. The van der Waals surface area contributed by atoms with Crippen molar-refractivity contribution >= 4 is 5.97 Å². The van der Waals surface area contributed by atoms with Gasteiger partial charge in [0.25, 0.3) is 0 Å². The van der Waals surface area contributed by atoms with Crippen LogP contribution in [0.5, 0.6) is 5.75 Å². The quantitative estimate of drug-likeness (QED) is 0.419. The van der Waals surface area contributed by atoms with Crippen molar-refractivity contribution < 1.29 is 32.2 Å². The number of hydrogen-bond donors (Lipinski definition) is 1. The maximum atomic E-state index is 13.4. The second-order valence-corrected chi connectivity index (χ2v) is 7.22. The Hall–Kier alpha value is -3.36. The number of nitrogens with zero attached hydrogens (tertiary/aromatic N) is 2. The molecule has 0 aliphatic carbocycles. The highest BCUT2D eigenvalue weighted by Crippen LogP contribution is 2.32. The minimum atomic E-state index is -5.08. The minimum absolute atomic E-state index is 0.186. The van der Waals surface area contributed by atoms with Gasteiger partial charge in [0.15, 0.2) is 0 Å². The molecule has 0 aliphatic rings. The number of benzene rings is 2. The van der Waals surface area contributed by atoms with Crippen LogP contribution < -0.4 is 4.74 Å². The van der Waals surface area contributed by atoms with E-state index in [9.17, 15) is 17.6 Å². The monoisotopic (exact) mass is 466 g/mol. The topological polar surface area (TPSA) is 64.4 Å². The van der Waals surface area contributed by atoms with Crippen molar-refractivity contribution in [3.63, 3.8) is 0 Å². The van der Waals surface area contributed by atoms with Crippen LogP contribution in [-0.2, 0) is 24.2 Å². The van der Waals surface area contributed by atoms with Crippen LogP contribution in [-0.4, -0.2) is 33.9 Å². The summed E-state index contributed by atoms with van der Waals surface area (Å²) in [7, 11) is 1.69. The highest BCUT2D eigenvalue weighted by Gasteiger charge is 2.38. The second kappa shape index (κ2) is 12.0. The normalized spacial score (nSPS) is 11.0. The molecule has 1 aromatic heterocycles. The van der Waals surface area contributed by atoms with E-state index in [-0.39, 0.29) is 5.82 Å². The molecule has 3 aromatic rings. The summed E-state index contributed by atoms with van der Waals surface area (Å²) in [4.78, 5) is 13.6. The van der Waals surface area contributed by atoms with Crippen LogP contribution in [0.2, 0.25) is 0 Å². The number of aliphatic carboxylic acids is 1. The third kappa shape index (κ3) is 7.62. The van der Waals surface area contributed by atoms with E-state index in [1.807, 2.05) is 36.7 Å². The van der Waals surface area contributed by atoms with Gasteiger partial charge in [0.05, 0.1) is 19.1 Å². The minimum Gasteiger partial charge on any atom is -0.496 e. The van der Waals surface area contributed by atoms with Gasteiger partial charge in [0.1, 0.15) is 11.6 Å². The summed E-state index contributed by atoms with van der Waals surface area (Å²) >= 11 is 0. The number of aromatic nitrogens is 2. The Morgan fingerprint density at radius 2 is 1.82 bits per heavy atom. The Bertz CT molecular complexity index is 1050. The second-order valence-electron chi connectivity index (χ2n) is 7.22. The zero-order chi connectivity index (χ0) is 24.4. The van der Waals surface area contributed by atoms with Crippen molar-refractivity contribution in [1.29, 1.82) is 0 Å². The van der Waals surface area contributed by atoms with Crippen LogP contribution in [0.3, 0.4) is 0 Å². The van der Waals surface area contributed by atoms with Gasteiger partial charge >= 0.3 is 12.1 Å². The third-order valence-electron chi connectivity index (χ3n) is 4.85. The zero-order valence-electron chi connectivity index (χ0n) is 18.4. The van der Waals surface area contributed by atoms with E-state index in [2.05, 4.69) is 16.5 Å². The maximum absolute atomic E-state index is 13.4. The number of ether oxygens (including phenoxy) is 1. The average Bonchev–Trinajstić information content (AvgIpc) is 3.18. The maximum Gasteiger partial charge on any atom is 0.490 e. The van der Waals surface area contributed by atoms with E-state index in [0.29, 0.717) is 0 Å². The molecule has 2 aromatic carbocycles. The largest absolute Gasteiger partial charge is 0.496 e. The lowest BCUT2D eigenvalue weighted by Gasteiger charge is -2.12.